The standard InChI is InChI=1S/C26H21ClF3N5O2/c1-32-19-12-17(26(28,29)30)11-16-7-9-33(22(16)19)14-20(24(32)36)34-10-8-18-21(25(34)37)31-35(23(18)27)13-15-5-3-2-4-6-15/h2-7,9,11-12,20H,8,10,13-14H2,1H3/t20-/m0/s1. The molecule has 0 saturated carbocycles. The Bertz CT molecular complexity index is 1560. The van der Waals surface area contributed by atoms with Gasteiger partial charge in [0.2, 0.25) is 0 Å². The minimum absolute atomic E-state index is 0.116. The van der Waals surface area contributed by atoms with Crippen molar-refractivity contribution in [1.29, 1.82) is 0 Å². The van der Waals surface area contributed by atoms with Crippen LogP contribution in [0.2, 0.25) is 5.15 Å². The molecule has 2 aromatic carbocycles. The number of amides is 2. The van der Waals surface area contributed by atoms with Gasteiger partial charge in [0.05, 0.1) is 29.9 Å². The molecule has 37 heavy (non-hydrogen) atoms. The van der Waals surface area contributed by atoms with Crippen LogP contribution in [0.4, 0.5) is 18.9 Å². The van der Waals surface area contributed by atoms with Gasteiger partial charge in [-0.05, 0) is 30.2 Å². The monoisotopic (exact) mass is 527 g/mol. The number of likely N-dealkylation sites (N-methyl/N-ethyl adjacent to an activating group) is 1. The number of benzene rings is 2. The maximum Gasteiger partial charge on any atom is 0.416 e. The number of aromatic nitrogens is 3. The number of carbonyl (C=O) groups is 2. The van der Waals surface area contributed by atoms with Crippen LogP contribution in [0.1, 0.15) is 27.2 Å². The summed E-state index contributed by atoms with van der Waals surface area (Å²) in [4.78, 5) is 29.8. The zero-order chi connectivity index (χ0) is 26.1. The summed E-state index contributed by atoms with van der Waals surface area (Å²) in [5.41, 5.74) is 1.65. The van der Waals surface area contributed by atoms with E-state index in [9.17, 15) is 22.8 Å². The third-order valence-corrected chi connectivity index (χ3v) is 7.54. The number of hydrogen-bond donors (Lipinski definition) is 0. The van der Waals surface area contributed by atoms with Crippen LogP contribution in [0.25, 0.3) is 10.9 Å². The number of nitrogens with zero attached hydrogens (tertiary/aromatic N) is 5. The average Bonchev–Trinajstić information content (AvgIpc) is 3.40. The topological polar surface area (TPSA) is 63.4 Å². The molecule has 11 heteroatoms. The third kappa shape index (κ3) is 3.78. The largest absolute Gasteiger partial charge is 0.416 e. The summed E-state index contributed by atoms with van der Waals surface area (Å²) in [6.07, 6.45) is -2.49. The highest BCUT2D eigenvalue weighted by atomic mass is 35.5. The van der Waals surface area contributed by atoms with Gasteiger partial charge in [0, 0.05) is 30.7 Å². The molecule has 0 aliphatic carbocycles. The Labute approximate surface area is 214 Å². The Morgan fingerprint density at radius 1 is 1.11 bits per heavy atom. The highest BCUT2D eigenvalue weighted by Crippen LogP contribution is 2.39. The Kier molecular flexibility index (Phi) is 5.34. The van der Waals surface area contributed by atoms with E-state index < -0.39 is 29.6 Å². The average molecular weight is 528 g/mol. The zero-order valence-corrected chi connectivity index (χ0v) is 20.4. The van der Waals surface area contributed by atoms with Crippen molar-refractivity contribution in [2.45, 2.75) is 31.7 Å². The van der Waals surface area contributed by atoms with Gasteiger partial charge in [0.25, 0.3) is 11.8 Å². The van der Waals surface area contributed by atoms with E-state index in [1.54, 1.807) is 21.5 Å². The van der Waals surface area contributed by atoms with E-state index in [0.717, 1.165) is 17.7 Å². The van der Waals surface area contributed by atoms with Gasteiger partial charge in [0.15, 0.2) is 5.69 Å². The lowest BCUT2D eigenvalue weighted by Gasteiger charge is -2.34. The highest BCUT2D eigenvalue weighted by molar-refractivity contribution is 6.31. The minimum Gasteiger partial charge on any atom is -0.343 e. The first-order valence-electron chi connectivity index (χ1n) is 11.7. The van der Waals surface area contributed by atoms with Crippen LogP contribution in [0.3, 0.4) is 0 Å². The second-order valence-electron chi connectivity index (χ2n) is 9.32. The second-order valence-corrected chi connectivity index (χ2v) is 9.68. The summed E-state index contributed by atoms with van der Waals surface area (Å²) in [5.74, 6) is -0.886. The van der Waals surface area contributed by atoms with Gasteiger partial charge in [-0.1, -0.05) is 41.9 Å². The van der Waals surface area contributed by atoms with Crippen molar-refractivity contribution >= 4 is 40.0 Å². The van der Waals surface area contributed by atoms with Crippen LogP contribution in [0.15, 0.2) is 54.7 Å². The number of alkyl halides is 3. The van der Waals surface area contributed by atoms with E-state index in [1.807, 2.05) is 30.3 Å². The van der Waals surface area contributed by atoms with Crippen molar-refractivity contribution < 1.29 is 22.8 Å². The Balaban J connectivity index is 1.35. The summed E-state index contributed by atoms with van der Waals surface area (Å²) < 4.78 is 43.9. The smallest absolute Gasteiger partial charge is 0.343 e. The van der Waals surface area contributed by atoms with E-state index in [-0.39, 0.29) is 24.5 Å². The molecule has 2 aliphatic heterocycles. The van der Waals surface area contributed by atoms with Crippen LogP contribution in [-0.2, 0) is 30.5 Å². The molecule has 7 nitrogen and oxygen atoms in total. The maximum absolute atomic E-state index is 13.6. The second kappa shape index (κ2) is 8.37. The Morgan fingerprint density at radius 3 is 2.59 bits per heavy atom. The number of fused-ring (bicyclic) bond motifs is 1. The van der Waals surface area contributed by atoms with Gasteiger partial charge in [0.1, 0.15) is 11.2 Å². The number of rotatable bonds is 3. The fraction of sp³-hybridized carbons (Fsp3) is 0.269. The van der Waals surface area contributed by atoms with Crippen LogP contribution in [0, 0.1) is 0 Å². The van der Waals surface area contributed by atoms with Crippen molar-refractivity contribution in [3.05, 3.63) is 82.3 Å². The molecule has 2 amide bonds. The van der Waals surface area contributed by atoms with Crippen LogP contribution in [-0.4, -0.2) is 50.7 Å². The fourth-order valence-electron chi connectivity index (χ4n) is 5.24. The summed E-state index contributed by atoms with van der Waals surface area (Å²) >= 11 is 6.58. The first-order valence-corrected chi connectivity index (χ1v) is 12.1. The number of hydrogen-bond acceptors (Lipinski definition) is 3. The molecule has 190 valence electrons. The Morgan fingerprint density at radius 2 is 1.86 bits per heavy atom. The van der Waals surface area contributed by atoms with E-state index in [1.165, 1.54) is 16.8 Å². The molecule has 0 spiro atoms. The summed E-state index contributed by atoms with van der Waals surface area (Å²) in [7, 11) is 1.44. The third-order valence-electron chi connectivity index (χ3n) is 7.11. The van der Waals surface area contributed by atoms with Crippen molar-refractivity contribution in [3.8, 4) is 0 Å². The van der Waals surface area contributed by atoms with Gasteiger partial charge < -0.3 is 14.4 Å². The fourth-order valence-corrected chi connectivity index (χ4v) is 5.52. The molecule has 4 aromatic rings. The molecule has 0 N–H and O–H groups in total. The molecule has 0 fully saturated rings. The zero-order valence-electron chi connectivity index (χ0n) is 19.7. The molecular weight excluding hydrogens is 507 g/mol. The first kappa shape index (κ1) is 23.6. The van der Waals surface area contributed by atoms with E-state index >= 15 is 0 Å². The SMILES string of the molecule is CN1C(=O)[C@@H](N2CCc3c(nn(Cc4ccccc4)c3Cl)C2=O)Cn2ccc3cc(C(F)(F)F)cc1c32. The molecular formula is C26H21ClF3N5O2. The summed E-state index contributed by atoms with van der Waals surface area (Å²) in [6.45, 7) is 0.745. The van der Waals surface area contributed by atoms with Gasteiger partial charge in [-0.2, -0.15) is 18.3 Å². The molecule has 1 atom stereocenters. The lowest BCUT2D eigenvalue weighted by Crippen LogP contribution is -2.53. The van der Waals surface area contributed by atoms with Crippen molar-refractivity contribution in [1.82, 2.24) is 19.2 Å². The molecule has 0 bridgehead atoms. The number of halogens is 4. The molecule has 0 unspecified atom stereocenters. The molecule has 4 heterocycles. The predicted octanol–water partition coefficient (Wildman–Crippen LogP) is 4.60. The normalized spacial score (nSPS) is 17.9. The van der Waals surface area contributed by atoms with E-state index in [4.69, 9.17) is 11.6 Å². The van der Waals surface area contributed by atoms with E-state index in [2.05, 4.69) is 5.10 Å². The van der Waals surface area contributed by atoms with E-state index in [0.29, 0.717) is 34.6 Å². The van der Waals surface area contributed by atoms with Crippen molar-refractivity contribution in [2.24, 2.45) is 0 Å². The number of carbonyl (C=O) groups excluding carboxylic acids is 2. The Hall–Kier alpha value is -3.79. The number of anilines is 1. The summed E-state index contributed by atoms with van der Waals surface area (Å²) in [6, 6.07) is 12.3. The van der Waals surface area contributed by atoms with Gasteiger partial charge >= 0.3 is 6.18 Å². The lowest BCUT2D eigenvalue weighted by molar-refractivity contribution is -0.137. The molecule has 0 radical (unpaired) electrons. The highest BCUT2D eigenvalue weighted by Gasteiger charge is 2.41. The van der Waals surface area contributed by atoms with Crippen LogP contribution < -0.4 is 4.90 Å². The van der Waals surface area contributed by atoms with Gasteiger partial charge in [-0.25, -0.2) is 4.68 Å². The van der Waals surface area contributed by atoms with Crippen molar-refractivity contribution in [3.63, 3.8) is 0 Å². The molecule has 2 aliphatic rings. The van der Waals surface area contributed by atoms with Gasteiger partial charge in [-0.15, -0.1) is 0 Å². The molecule has 6 rings (SSSR count). The molecule has 0 saturated heterocycles. The van der Waals surface area contributed by atoms with Crippen LogP contribution in [0.5, 0.6) is 0 Å². The maximum atomic E-state index is 13.6. The first-order chi connectivity index (χ1) is 17.6. The predicted molar refractivity (Wildman–Crippen MR) is 132 cm³/mol. The lowest BCUT2D eigenvalue weighted by atomic mass is 10.0. The van der Waals surface area contributed by atoms with Gasteiger partial charge in [-0.3, -0.25) is 9.59 Å². The molecule has 2 aromatic heterocycles. The van der Waals surface area contributed by atoms with Crippen molar-refractivity contribution in [2.75, 3.05) is 18.5 Å². The minimum atomic E-state index is -4.56. The summed E-state index contributed by atoms with van der Waals surface area (Å²) in [5, 5.41) is 5.25. The van der Waals surface area contributed by atoms with Crippen LogP contribution >= 0.6 is 11.6 Å². The quantitative estimate of drug-likeness (QED) is 0.391.